The molecular formula is C25H32N4O3S. The highest BCUT2D eigenvalue weighted by Crippen LogP contribution is 2.32. The Hall–Kier alpha value is -3.23. The summed E-state index contributed by atoms with van der Waals surface area (Å²) in [6.45, 7) is 13.9. The molecule has 176 valence electrons. The van der Waals surface area contributed by atoms with E-state index in [1.807, 2.05) is 78.8 Å². The van der Waals surface area contributed by atoms with E-state index >= 15 is 0 Å². The van der Waals surface area contributed by atoms with E-state index in [2.05, 4.69) is 20.5 Å². The van der Waals surface area contributed by atoms with Crippen LogP contribution >= 0.6 is 0 Å². The van der Waals surface area contributed by atoms with Gasteiger partial charge >= 0.3 is 0 Å². The number of hydrogen-bond donors (Lipinski definition) is 1. The van der Waals surface area contributed by atoms with E-state index in [1.54, 1.807) is 18.2 Å². The van der Waals surface area contributed by atoms with Gasteiger partial charge in [-0.25, -0.2) is 0 Å². The number of azo groups is 2. The van der Waals surface area contributed by atoms with E-state index in [0.717, 1.165) is 16.7 Å². The van der Waals surface area contributed by atoms with Crippen LogP contribution < -0.4 is 0 Å². The fourth-order valence-corrected chi connectivity index (χ4v) is 3.27. The van der Waals surface area contributed by atoms with Gasteiger partial charge in [-0.3, -0.25) is 4.55 Å². The molecule has 0 spiro atoms. The maximum atomic E-state index is 11.8. The molecule has 0 aliphatic heterocycles. The molecule has 8 heteroatoms. The first-order valence-electron chi connectivity index (χ1n) is 10.8. The Morgan fingerprint density at radius 1 is 0.606 bits per heavy atom. The van der Waals surface area contributed by atoms with Crippen LogP contribution in [-0.2, 0) is 10.1 Å². The summed E-state index contributed by atoms with van der Waals surface area (Å²) in [4.78, 5) is -0.382. The average Bonchev–Trinajstić information content (AvgIpc) is 2.82. The summed E-state index contributed by atoms with van der Waals surface area (Å²) < 4.78 is 33.3. The van der Waals surface area contributed by atoms with Crippen LogP contribution in [0.4, 0.5) is 22.7 Å². The Bertz CT molecular complexity index is 1210. The van der Waals surface area contributed by atoms with Crippen LogP contribution in [0.25, 0.3) is 0 Å². The quantitative estimate of drug-likeness (QED) is 0.299. The molecule has 0 aromatic heterocycles. The van der Waals surface area contributed by atoms with Crippen molar-refractivity contribution in [3.05, 3.63) is 77.4 Å². The summed E-state index contributed by atoms with van der Waals surface area (Å²) in [5, 5.41) is 16.3. The molecule has 3 aromatic rings. The fourth-order valence-electron chi connectivity index (χ4n) is 2.63. The van der Waals surface area contributed by atoms with Crippen LogP contribution in [0.2, 0.25) is 0 Å². The lowest BCUT2D eigenvalue weighted by molar-refractivity contribution is 0.483. The normalized spacial score (nSPS) is 11.0. The number of nitrogens with zero attached hydrogens (tertiary/aromatic N) is 4. The molecule has 0 amide bonds. The summed E-state index contributed by atoms with van der Waals surface area (Å²) in [6, 6.07) is 17.1. The molecule has 0 saturated carbocycles. The van der Waals surface area contributed by atoms with Gasteiger partial charge < -0.3 is 0 Å². The second kappa shape index (κ2) is 13.3. The van der Waals surface area contributed by atoms with Gasteiger partial charge in [0.15, 0.2) is 0 Å². The summed E-state index contributed by atoms with van der Waals surface area (Å²) >= 11 is 0. The van der Waals surface area contributed by atoms with E-state index in [-0.39, 0.29) is 16.3 Å². The SMILES string of the molecule is CC.CC.Cc1cc(C)c(N=Nc2ccc(N=Nc3ccccc3)cc2S(=O)(=O)O)cc1C. The first kappa shape index (κ1) is 27.8. The zero-order valence-electron chi connectivity index (χ0n) is 20.2. The number of rotatable bonds is 5. The molecule has 0 aliphatic rings. The number of benzene rings is 3. The molecule has 0 aliphatic carbocycles. The van der Waals surface area contributed by atoms with Gasteiger partial charge in [0.1, 0.15) is 10.6 Å². The van der Waals surface area contributed by atoms with Crippen molar-refractivity contribution >= 4 is 32.9 Å². The van der Waals surface area contributed by atoms with Crippen molar-refractivity contribution in [2.45, 2.75) is 53.4 Å². The van der Waals surface area contributed by atoms with Crippen LogP contribution in [0, 0.1) is 20.8 Å². The molecule has 0 radical (unpaired) electrons. The summed E-state index contributed by atoms with van der Waals surface area (Å²) in [5.41, 5.74) is 4.63. The second-order valence-corrected chi connectivity index (χ2v) is 7.98. The molecule has 0 atom stereocenters. The smallest absolute Gasteiger partial charge is 0.282 e. The van der Waals surface area contributed by atoms with Crippen LogP contribution in [0.3, 0.4) is 0 Å². The number of hydrogen-bond acceptors (Lipinski definition) is 6. The molecule has 0 saturated heterocycles. The van der Waals surface area contributed by atoms with Gasteiger partial charge in [-0.2, -0.15) is 23.8 Å². The first-order chi connectivity index (χ1) is 15.7. The van der Waals surface area contributed by atoms with Crippen molar-refractivity contribution in [3.63, 3.8) is 0 Å². The highest BCUT2D eigenvalue weighted by Gasteiger charge is 2.17. The van der Waals surface area contributed by atoms with Gasteiger partial charge in [-0.1, -0.05) is 52.0 Å². The van der Waals surface area contributed by atoms with Gasteiger partial charge in [-0.05, 0) is 73.9 Å². The molecule has 33 heavy (non-hydrogen) atoms. The summed E-state index contributed by atoms with van der Waals surface area (Å²) in [6.07, 6.45) is 0. The van der Waals surface area contributed by atoms with Crippen LogP contribution in [0.15, 0.2) is 86.0 Å². The zero-order chi connectivity index (χ0) is 25.0. The minimum absolute atomic E-state index is 0.0174. The highest BCUT2D eigenvalue weighted by molar-refractivity contribution is 7.86. The Kier molecular flexibility index (Phi) is 11.2. The van der Waals surface area contributed by atoms with Crippen molar-refractivity contribution in [2.24, 2.45) is 20.5 Å². The highest BCUT2D eigenvalue weighted by atomic mass is 32.2. The molecule has 3 rings (SSSR count). The third kappa shape index (κ3) is 8.32. The van der Waals surface area contributed by atoms with Crippen molar-refractivity contribution < 1.29 is 13.0 Å². The van der Waals surface area contributed by atoms with Gasteiger partial charge in [-0.15, -0.1) is 5.11 Å². The molecule has 0 fully saturated rings. The predicted molar refractivity (Wildman–Crippen MR) is 134 cm³/mol. The maximum Gasteiger partial charge on any atom is 0.296 e. The Morgan fingerprint density at radius 2 is 1.15 bits per heavy atom. The van der Waals surface area contributed by atoms with E-state index in [4.69, 9.17) is 0 Å². The molecule has 0 heterocycles. The van der Waals surface area contributed by atoms with Gasteiger partial charge in [0.2, 0.25) is 0 Å². The molecule has 0 bridgehead atoms. The topological polar surface area (TPSA) is 104 Å². The van der Waals surface area contributed by atoms with Crippen molar-refractivity contribution in [1.82, 2.24) is 0 Å². The van der Waals surface area contributed by atoms with Gasteiger partial charge in [0.05, 0.1) is 17.1 Å². The Labute approximate surface area is 197 Å². The van der Waals surface area contributed by atoms with Crippen LogP contribution in [-0.4, -0.2) is 13.0 Å². The fraction of sp³-hybridized carbons (Fsp3) is 0.280. The molecule has 1 N–H and O–H groups in total. The minimum atomic E-state index is -4.52. The molecule has 3 aromatic carbocycles. The van der Waals surface area contributed by atoms with Crippen molar-refractivity contribution in [2.75, 3.05) is 0 Å². The zero-order valence-corrected chi connectivity index (χ0v) is 21.1. The third-order valence-corrected chi connectivity index (χ3v) is 5.22. The molecular weight excluding hydrogens is 436 g/mol. The molecule has 7 nitrogen and oxygen atoms in total. The van der Waals surface area contributed by atoms with E-state index in [9.17, 15) is 13.0 Å². The van der Waals surface area contributed by atoms with E-state index in [1.165, 1.54) is 12.1 Å². The second-order valence-electron chi connectivity index (χ2n) is 6.59. The predicted octanol–water partition coefficient (Wildman–Crippen LogP) is 8.74. The van der Waals surface area contributed by atoms with Gasteiger partial charge in [0.25, 0.3) is 10.1 Å². The lowest BCUT2D eigenvalue weighted by Crippen LogP contribution is -1.98. The number of aryl methyl sites for hydroxylation is 3. The average molecular weight is 469 g/mol. The summed E-state index contributed by atoms with van der Waals surface area (Å²) in [5.74, 6) is 0. The standard InChI is InChI=1S/C21H20N4O3S.2C2H6/c1-14-11-16(3)20(12-15(14)2)25-24-19-10-9-18(13-21(19)29(26,27)28)23-22-17-7-5-4-6-8-17;2*1-2/h4-13H,1-3H3,(H,26,27,28);2*1-2H3. The van der Waals surface area contributed by atoms with Crippen LogP contribution in [0.5, 0.6) is 0 Å². The largest absolute Gasteiger partial charge is 0.296 e. The third-order valence-electron chi connectivity index (χ3n) is 4.34. The minimum Gasteiger partial charge on any atom is -0.282 e. The lowest BCUT2D eigenvalue weighted by Gasteiger charge is -2.06. The van der Waals surface area contributed by atoms with Gasteiger partial charge in [0, 0.05) is 0 Å². The maximum absolute atomic E-state index is 11.8. The van der Waals surface area contributed by atoms with E-state index < -0.39 is 10.1 Å². The van der Waals surface area contributed by atoms with E-state index in [0.29, 0.717) is 11.4 Å². The van der Waals surface area contributed by atoms with Crippen LogP contribution in [0.1, 0.15) is 44.4 Å². The Morgan fingerprint density at radius 3 is 1.76 bits per heavy atom. The van der Waals surface area contributed by atoms with Crippen molar-refractivity contribution in [3.8, 4) is 0 Å². The summed E-state index contributed by atoms with van der Waals surface area (Å²) in [7, 11) is -4.52. The monoisotopic (exact) mass is 468 g/mol. The lowest BCUT2D eigenvalue weighted by atomic mass is 10.1. The first-order valence-corrected chi connectivity index (χ1v) is 12.3. The Balaban J connectivity index is 0.00000129. The molecule has 0 unspecified atom stereocenters. The van der Waals surface area contributed by atoms with Crippen molar-refractivity contribution in [1.29, 1.82) is 0 Å².